The molecule has 1 amide bonds. The van der Waals surface area contributed by atoms with Gasteiger partial charge >= 0.3 is 0 Å². The van der Waals surface area contributed by atoms with Gasteiger partial charge in [0.1, 0.15) is 6.04 Å². The van der Waals surface area contributed by atoms with Gasteiger partial charge in [-0.2, -0.15) is 0 Å². The predicted molar refractivity (Wildman–Crippen MR) is 107 cm³/mol. The van der Waals surface area contributed by atoms with E-state index in [0.29, 0.717) is 18.5 Å². The number of aromatic nitrogens is 4. The van der Waals surface area contributed by atoms with Gasteiger partial charge in [-0.15, -0.1) is 0 Å². The summed E-state index contributed by atoms with van der Waals surface area (Å²) in [5.74, 6) is -0.217. The molecule has 0 saturated heterocycles. The second kappa shape index (κ2) is 7.95. The molecular formula is C22H23N5O2. The molecule has 3 aromatic rings. The van der Waals surface area contributed by atoms with Crippen LogP contribution in [0.2, 0.25) is 0 Å². The van der Waals surface area contributed by atoms with Crippen LogP contribution in [-0.4, -0.2) is 42.7 Å². The second-order valence-electron chi connectivity index (χ2n) is 7.47. The Labute approximate surface area is 169 Å². The average Bonchev–Trinajstić information content (AvgIpc) is 3.18. The first-order chi connectivity index (χ1) is 14.1. The molecule has 29 heavy (non-hydrogen) atoms. The van der Waals surface area contributed by atoms with Crippen molar-refractivity contribution in [2.45, 2.75) is 38.8 Å². The fourth-order valence-corrected chi connectivity index (χ4v) is 3.81. The number of amides is 1. The van der Waals surface area contributed by atoms with Gasteiger partial charge in [-0.1, -0.05) is 0 Å². The molecular weight excluding hydrogens is 366 g/mol. The van der Waals surface area contributed by atoms with Crippen molar-refractivity contribution in [3.63, 3.8) is 0 Å². The normalized spacial score (nSPS) is 16.0. The Morgan fingerprint density at radius 3 is 2.62 bits per heavy atom. The quantitative estimate of drug-likeness (QED) is 0.670. The monoisotopic (exact) mass is 389 g/mol. The van der Waals surface area contributed by atoms with E-state index in [1.54, 1.807) is 48.1 Å². The number of Topliss-reactive ketones (excluding diaryl/α,β-unsaturated/α-hetero) is 1. The molecule has 3 aromatic heterocycles. The Bertz CT molecular complexity index is 1010. The minimum atomic E-state index is -0.676. The summed E-state index contributed by atoms with van der Waals surface area (Å²) in [7, 11) is 0. The van der Waals surface area contributed by atoms with E-state index in [1.807, 2.05) is 30.5 Å². The van der Waals surface area contributed by atoms with Gasteiger partial charge in [0.2, 0.25) is 0 Å². The average molecular weight is 389 g/mol. The molecule has 4 rings (SSSR count). The molecule has 7 nitrogen and oxygen atoms in total. The van der Waals surface area contributed by atoms with Crippen LogP contribution in [0.5, 0.6) is 0 Å². The number of carbonyl (C=O) groups is 2. The van der Waals surface area contributed by atoms with Crippen LogP contribution in [0.3, 0.4) is 0 Å². The molecule has 1 aliphatic heterocycles. The lowest BCUT2D eigenvalue weighted by atomic mass is 9.94. The zero-order chi connectivity index (χ0) is 20.4. The van der Waals surface area contributed by atoms with Crippen molar-refractivity contribution in [2.24, 2.45) is 0 Å². The van der Waals surface area contributed by atoms with Crippen LogP contribution in [-0.2, 0) is 17.6 Å². The van der Waals surface area contributed by atoms with Gasteiger partial charge in [0.05, 0.1) is 23.3 Å². The molecule has 1 atom stereocenters. The van der Waals surface area contributed by atoms with E-state index in [1.165, 1.54) is 0 Å². The molecule has 0 N–H and O–H groups in total. The molecule has 0 aromatic carbocycles. The van der Waals surface area contributed by atoms with Crippen molar-refractivity contribution in [2.75, 3.05) is 6.54 Å². The summed E-state index contributed by atoms with van der Waals surface area (Å²) in [4.78, 5) is 41.0. The lowest BCUT2D eigenvalue weighted by Crippen LogP contribution is -2.45. The first-order valence-corrected chi connectivity index (χ1v) is 9.74. The van der Waals surface area contributed by atoms with Crippen molar-refractivity contribution in [3.8, 4) is 0 Å². The summed E-state index contributed by atoms with van der Waals surface area (Å²) in [5.41, 5.74) is 3.07. The molecule has 0 radical (unpaired) electrons. The minimum absolute atomic E-state index is 0.0307. The van der Waals surface area contributed by atoms with Crippen LogP contribution in [0.25, 0.3) is 0 Å². The smallest absolute Gasteiger partial charge is 0.256 e. The summed E-state index contributed by atoms with van der Waals surface area (Å²) in [5, 5.41) is 0. The molecule has 0 aliphatic carbocycles. The van der Waals surface area contributed by atoms with Crippen LogP contribution in [0.1, 0.15) is 53.2 Å². The van der Waals surface area contributed by atoms with Gasteiger partial charge in [0.15, 0.2) is 5.78 Å². The van der Waals surface area contributed by atoms with Crippen molar-refractivity contribution in [3.05, 3.63) is 77.9 Å². The molecule has 0 bridgehead atoms. The SMILES string of the molecule is CC(C)n1cnc2c1C(C(=O)Cc1ccncc1)N(C(=O)c1cccnc1)CC2. The van der Waals surface area contributed by atoms with Gasteiger partial charge in [-0.25, -0.2) is 4.98 Å². The molecule has 0 spiro atoms. The van der Waals surface area contributed by atoms with Crippen molar-refractivity contribution >= 4 is 11.7 Å². The third-order valence-corrected chi connectivity index (χ3v) is 5.23. The highest BCUT2D eigenvalue weighted by Gasteiger charge is 2.39. The lowest BCUT2D eigenvalue weighted by molar-refractivity contribution is -0.123. The van der Waals surface area contributed by atoms with Crippen molar-refractivity contribution in [1.82, 2.24) is 24.4 Å². The van der Waals surface area contributed by atoms with Crippen LogP contribution in [0, 0.1) is 0 Å². The minimum Gasteiger partial charge on any atom is -0.330 e. The highest BCUT2D eigenvalue weighted by atomic mass is 16.2. The zero-order valence-electron chi connectivity index (χ0n) is 16.5. The van der Waals surface area contributed by atoms with E-state index in [4.69, 9.17) is 0 Å². The molecule has 4 heterocycles. The van der Waals surface area contributed by atoms with E-state index in [2.05, 4.69) is 15.0 Å². The van der Waals surface area contributed by atoms with Crippen LogP contribution >= 0.6 is 0 Å². The molecule has 1 aliphatic rings. The number of ketones is 1. The van der Waals surface area contributed by atoms with Crippen molar-refractivity contribution < 1.29 is 9.59 Å². The number of nitrogens with zero attached hydrogens (tertiary/aromatic N) is 5. The van der Waals surface area contributed by atoms with Gasteiger partial charge in [-0.05, 0) is 43.7 Å². The Balaban J connectivity index is 1.75. The Morgan fingerprint density at radius 2 is 1.93 bits per heavy atom. The fraction of sp³-hybridized carbons (Fsp3) is 0.318. The molecule has 7 heteroatoms. The summed E-state index contributed by atoms with van der Waals surface area (Å²) in [6.07, 6.45) is 9.15. The first kappa shape index (κ1) is 19.0. The van der Waals surface area contributed by atoms with Gasteiger partial charge in [0, 0.05) is 50.2 Å². The van der Waals surface area contributed by atoms with Gasteiger partial charge in [-0.3, -0.25) is 19.6 Å². The van der Waals surface area contributed by atoms with Crippen LogP contribution in [0.15, 0.2) is 55.4 Å². The molecule has 148 valence electrons. The number of rotatable bonds is 5. The van der Waals surface area contributed by atoms with E-state index >= 15 is 0 Å². The van der Waals surface area contributed by atoms with E-state index < -0.39 is 6.04 Å². The maximum Gasteiger partial charge on any atom is 0.256 e. The number of hydrogen-bond donors (Lipinski definition) is 0. The number of imidazole rings is 1. The number of fused-ring (bicyclic) bond motifs is 1. The number of hydrogen-bond acceptors (Lipinski definition) is 5. The Kier molecular flexibility index (Phi) is 5.20. The third-order valence-electron chi connectivity index (χ3n) is 5.23. The fourth-order valence-electron chi connectivity index (χ4n) is 3.81. The highest BCUT2D eigenvalue weighted by molar-refractivity contribution is 5.98. The second-order valence-corrected chi connectivity index (χ2v) is 7.47. The van der Waals surface area contributed by atoms with Gasteiger partial charge in [0.25, 0.3) is 5.91 Å². The maximum absolute atomic E-state index is 13.5. The third kappa shape index (κ3) is 3.68. The Hall–Kier alpha value is -3.35. The predicted octanol–water partition coefficient (Wildman–Crippen LogP) is 2.81. The van der Waals surface area contributed by atoms with Crippen LogP contribution < -0.4 is 0 Å². The van der Waals surface area contributed by atoms with Gasteiger partial charge < -0.3 is 9.47 Å². The van der Waals surface area contributed by atoms with E-state index in [9.17, 15) is 9.59 Å². The standard InChI is InChI=1S/C22H23N5O2/c1-15(2)27-14-25-18-7-11-26(22(29)17-4-3-8-24-13-17)21(20(18)27)19(28)12-16-5-9-23-10-6-16/h3-6,8-10,13-15,21H,7,11-12H2,1-2H3. The highest BCUT2D eigenvalue weighted by Crippen LogP contribution is 2.33. The largest absolute Gasteiger partial charge is 0.330 e. The summed E-state index contributed by atoms with van der Waals surface area (Å²) < 4.78 is 2.01. The maximum atomic E-state index is 13.5. The summed E-state index contributed by atoms with van der Waals surface area (Å²) >= 11 is 0. The zero-order valence-corrected chi connectivity index (χ0v) is 16.5. The molecule has 0 saturated carbocycles. The lowest BCUT2D eigenvalue weighted by Gasteiger charge is -2.36. The summed E-state index contributed by atoms with van der Waals surface area (Å²) in [6, 6.07) is 6.58. The Morgan fingerprint density at radius 1 is 1.14 bits per heavy atom. The van der Waals surface area contributed by atoms with Crippen molar-refractivity contribution in [1.29, 1.82) is 0 Å². The molecule has 0 fully saturated rings. The number of pyridine rings is 2. The van der Waals surface area contributed by atoms with Crippen LogP contribution in [0.4, 0.5) is 0 Å². The van der Waals surface area contributed by atoms with E-state index in [0.717, 1.165) is 17.0 Å². The van der Waals surface area contributed by atoms with E-state index in [-0.39, 0.29) is 24.2 Å². The topological polar surface area (TPSA) is 81.0 Å². The number of carbonyl (C=O) groups excluding carboxylic acids is 2. The molecule has 1 unspecified atom stereocenters. The first-order valence-electron chi connectivity index (χ1n) is 9.74. The summed E-state index contributed by atoms with van der Waals surface area (Å²) in [6.45, 7) is 4.55.